The molecule has 2 rings (SSSR count). The van der Waals surface area contributed by atoms with Gasteiger partial charge in [0.1, 0.15) is 5.75 Å². The number of ether oxygens (including phenoxy) is 1. The molecule has 0 spiro atoms. The first-order valence-electron chi connectivity index (χ1n) is 7.49. The van der Waals surface area contributed by atoms with Crippen LogP contribution in [-0.4, -0.2) is 25.7 Å². The average molecular weight is 262 g/mol. The van der Waals surface area contributed by atoms with Crippen LogP contribution in [0.5, 0.6) is 5.75 Å². The van der Waals surface area contributed by atoms with Crippen LogP contribution in [0.15, 0.2) is 24.3 Å². The molecule has 1 aliphatic heterocycles. The van der Waals surface area contributed by atoms with Crippen LogP contribution in [0.3, 0.4) is 0 Å². The first-order valence-corrected chi connectivity index (χ1v) is 7.49. The molecule has 0 aromatic heterocycles. The van der Waals surface area contributed by atoms with Gasteiger partial charge in [0.15, 0.2) is 0 Å². The first-order chi connectivity index (χ1) is 9.28. The normalized spacial score (nSPS) is 18.0. The summed E-state index contributed by atoms with van der Waals surface area (Å²) in [5, 5.41) is 6.94. The Balaban J connectivity index is 1.84. The maximum Gasteiger partial charge on any atom is 0.121 e. The van der Waals surface area contributed by atoms with E-state index in [1.807, 2.05) is 6.07 Å². The number of hydrogen-bond acceptors (Lipinski definition) is 3. The summed E-state index contributed by atoms with van der Waals surface area (Å²) in [5.41, 5.74) is 1.17. The second-order valence-electron chi connectivity index (χ2n) is 5.44. The zero-order valence-corrected chi connectivity index (χ0v) is 12.1. The third-order valence-corrected chi connectivity index (χ3v) is 3.80. The van der Waals surface area contributed by atoms with Gasteiger partial charge in [0.25, 0.3) is 0 Å². The molecule has 1 heterocycles. The monoisotopic (exact) mass is 262 g/mol. The van der Waals surface area contributed by atoms with Crippen molar-refractivity contribution in [1.29, 1.82) is 0 Å². The van der Waals surface area contributed by atoms with Crippen LogP contribution in [0.25, 0.3) is 0 Å². The van der Waals surface area contributed by atoms with E-state index in [9.17, 15) is 0 Å². The molecule has 1 aliphatic rings. The molecule has 0 radical (unpaired) electrons. The minimum Gasteiger partial charge on any atom is -0.491 e. The molecule has 3 nitrogen and oxygen atoms in total. The summed E-state index contributed by atoms with van der Waals surface area (Å²) in [6.07, 6.45) is 3.86. The molecular formula is C16H26N2O. The predicted octanol–water partition coefficient (Wildman–Crippen LogP) is 3.28. The lowest BCUT2D eigenvalue weighted by atomic mass is 9.98. The van der Waals surface area contributed by atoms with Crippen molar-refractivity contribution in [2.24, 2.45) is 5.92 Å². The van der Waals surface area contributed by atoms with Gasteiger partial charge in [-0.05, 0) is 57.3 Å². The third kappa shape index (κ3) is 4.75. The van der Waals surface area contributed by atoms with Gasteiger partial charge in [0, 0.05) is 18.3 Å². The smallest absolute Gasteiger partial charge is 0.121 e. The van der Waals surface area contributed by atoms with Crippen molar-refractivity contribution in [3.8, 4) is 5.75 Å². The van der Waals surface area contributed by atoms with Gasteiger partial charge in [-0.2, -0.15) is 0 Å². The van der Waals surface area contributed by atoms with E-state index in [1.54, 1.807) is 0 Å². The number of anilines is 1. The first kappa shape index (κ1) is 14.2. The topological polar surface area (TPSA) is 33.3 Å². The number of nitrogens with one attached hydrogen (secondary N) is 2. The zero-order valence-electron chi connectivity index (χ0n) is 12.1. The zero-order chi connectivity index (χ0) is 13.5. The number of piperidine rings is 1. The number of rotatable bonds is 6. The molecule has 1 aromatic carbocycles. The summed E-state index contributed by atoms with van der Waals surface area (Å²) in [4.78, 5) is 0. The molecule has 0 bridgehead atoms. The van der Waals surface area contributed by atoms with E-state index >= 15 is 0 Å². The number of benzene rings is 1. The van der Waals surface area contributed by atoms with Crippen LogP contribution in [-0.2, 0) is 0 Å². The molecule has 1 saturated heterocycles. The Morgan fingerprint density at radius 1 is 1.37 bits per heavy atom. The van der Waals surface area contributed by atoms with Gasteiger partial charge in [0.2, 0.25) is 0 Å². The van der Waals surface area contributed by atoms with Crippen LogP contribution in [0.2, 0.25) is 0 Å². The van der Waals surface area contributed by atoms with Crippen molar-refractivity contribution in [1.82, 2.24) is 5.32 Å². The molecule has 0 aliphatic carbocycles. The van der Waals surface area contributed by atoms with Gasteiger partial charge in [0.05, 0.1) is 6.10 Å². The Labute approximate surface area is 116 Å². The van der Waals surface area contributed by atoms with E-state index in [4.69, 9.17) is 4.74 Å². The minimum atomic E-state index is 0.277. The highest BCUT2D eigenvalue weighted by atomic mass is 16.5. The molecule has 0 amide bonds. The SMILES string of the molecule is CCC(C)Oc1cccc(NCC2CCNCC2)c1. The molecule has 1 fully saturated rings. The molecule has 106 valence electrons. The lowest BCUT2D eigenvalue weighted by molar-refractivity contribution is 0.217. The van der Waals surface area contributed by atoms with Gasteiger partial charge in [-0.25, -0.2) is 0 Å². The quantitative estimate of drug-likeness (QED) is 0.825. The fourth-order valence-corrected chi connectivity index (χ4v) is 2.34. The molecule has 0 saturated carbocycles. The Kier molecular flexibility index (Phi) is 5.52. The summed E-state index contributed by atoms with van der Waals surface area (Å²) in [6, 6.07) is 8.31. The molecule has 2 N–H and O–H groups in total. The Morgan fingerprint density at radius 3 is 2.89 bits per heavy atom. The van der Waals surface area contributed by atoms with Gasteiger partial charge in [-0.1, -0.05) is 13.0 Å². The third-order valence-electron chi connectivity index (χ3n) is 3.80. The predicted molar refractivity (Wildman–Crippen MR) is 80.9 cm³/mol. The molecule has 1 aromatic rings. The van der Waals surface area contributed by atoms with E-state index in [2.05, 4.69) is 42.7 Å². The summed E-state index contributed by atoms with van der Waals surface area (Å²) < 4.78 is 5.85. The Hall–Kier alpha value is -1.22. The molecule has 19 heavy (non-hydrogen) atoms. The van der Waals surface area contributed by atoms with Crippen LogP contribution in [0, 0.1) is 5.92 Å². The van der Waals surface area contributed by atoms with E-state index in [0.717, 1.165) is 37.7 Å². The molecule has 1 unspecified atom stereocenters. The van der Waals surface area contributed by atoms with Crippen molar-refractivity contribution in [2.75, 3.05) is 25.0 Å². The second kappa shape index (κ2) is 7.39. The van der Waals surface area contributed by atoms with E-state index < -0.39 is 0 Å². The van der Waals surface area contributed by atoms with Crippen molar-refractivity contribution >= 4 is 5.69 Å². The fourth-order valence-electron chi connectivity index (χ4n) is 2.34. The summed E-state index contributed by atoms with van der Waals surface area (Å²) in [5.74, 6) is 1.75. The van der Waals surface area contributed by atoms with Gasteiger partial charge in [-0.15, -0.1) is 0 Å². The molecule has 3 heteroatoms. The van der Waals surface area contributed by atoms with Crippen molar-refractivity contribution < 1.29 is 4.74 Å². The van der Waals surface area contributed by atoms with Crippen LogP contribution >= 0.6 is 0 Å². The lowest BCUT2D eigenvalue weighted by Crippen LogP contribution is -2.31. The summed E-state index contributed by atoms with van der Waals surface area (Å²) in [6.45, 7) is 7.63. The van der Waals surface area contributed by atoms with E-state index in [0.29, 0.717) is 0 Å². The Morgan fingerprint density at radius 2 is 2.16 bits per heavy atom. The second-order valence-corrected chi connectivity index (χ2v) is 5.44. The van der Waals surface area contributed by atoms with E-state index in [-0.39, 0.29) is 6.10 Å². The van der Waals surface area contributed by atoms with Gasteiger partial charge in [-0.3, -0.25) is 0 Å². The highest BCUT2D eigenvalue weighted by Crippen LogP contribution is 2.20. The largest absolute Gasteiger partial charge is 0.491 e. The summed E-state index contributed by atoms with van der Waals surface area (Å²) in [7, 11) is 0. The standard InChI is InChI=1S/C16H26N2O/c1-3-13(2)19-16-6-4-5-15(11-16)18-12-14-7-9-17-10-8-14/h4-6,11,13-14,17-18H,3,7-10,12H2,1-2H3. The maximum absolute atomic E-state index is 5.85. The molecule has 1 atom stereocenters. The lowest BCUT2D eigenvalue weighted by Gasteiger charge is -2.23. The van der Waals surface area contributed by atoms with Gasteiger partial charge < -0.3 is 15.4 Å². The van der Waals surface area contributed by atoms with Crippen LogP contribution < -0.4 is 15.4 Å². The Bertz CT molecular complexity index is 375. The average Bonchev–Trinajstić information content (AvgIpc) is 2.46. The maximum atomic E-state index is 5.85. The highest BCUT2D eigenvalue weighted by Gasteiger charge is 2.12. The number of hydrogen-bond donors (Lipinski definition) is 2. The van der Waals surface area contributed by atoms with Crippen molar-refractivity contribution in [2.45, 2.75) is 39.2 Å². The fraction of sp³-hybridized carbons (Fsp3) is 0.625. The van der Waals surface area contributed by atoms with E-state index in [1.165, 1.54) is 18.5 Å². The van der Waals surface area contributed by atoms with Crippen LogP contribution in [0.1, 0.15) is 33.1 Å². The van der Waals surface area contributed by atoms with Gasteiger partial charge >= 0.3 is 0 Å². The molecular weight excluding hydrogens is 236 g/mol. The van der Waals surface area contributed by atoms with Crippen LogP contribution in [0.4, 0.5) is 5.69 Å². The van der Waals surface area contributed by atoms with Crippen molar-refractivity contribution in [3.63, 3.8) is 0 Å². The minimum absolute atomic E-state index is 0.277. The summed E-state index contributed by atoms with van der Waals surface area (Å²) >= 11 is 0. The highest BCUT2D eigenvalue weighted by molar-refractivity contribution is 5.48. The van der Waals surface area contributed by atoms with Crippen molar-refractivity contribution in [3.05, 3.63) is 24.3 Å².